The Labute approximate surface area is 206 Å². The lowest BCUT2D eigenvalue weighted by molar-refractivity contribution is 0.313. The molecule has 1 fully saturated rings. The van der Waals surface area contributed by atoms with Gasteiger partial charge >= 0.3 is 0 Å². The van der Waals surface area contributed by atoms with Crippen molar-refractivity contribution in [2.45, 2.75) is 19.9 Å². The van der Waals surface area contributed by atoms with E-state index in [0.717, 1.165) is 60.1 Å². The Hall–Kier alpha value is -3.91. The fourth-order valence-electron chi connectivity index (χ4n) is 4.43. The Bertz CT molecular complexity index is 1260. The Kier molecular flexibility index (Phi) is 6.13. The van der Waals surface area contributed by atoms with Crippen LogP contribution in [0, 0.1) is 0 Å². The number of likely N-dealkylation sites (N-methyl/N-ethyl adjacent to an activating group) is 1. The van der Waals surface area contributed by atoms with Crippen LogP contribution in [0.2, 0.25) is 0 Å². The minimum Gasteiger partial charge on any atom is -0.399 e. The molecule has 1 saturated heterocycles. The van der Waals surface area contributed by atoms with Crippen molar-refractivity contribution in [2.24, 2.45) is 5.10 Å². The van der Waals surface area contributed by atoms with Crippen molar-refractivity contribution in [1.29, 1.82) is 0 Å². The molecule has 0 atom stereocenters. The number of piperazine rings is 1. The zero-order valence-electron chi connectivity index (χ0n) is 20.6. The zero-order valence-corrected chi connectivity index (χ0v) is 20.6. The first-order valence-corrected chi connectivity index (χ1v) is 12.0. The summed E-state index contributed by atoms with van der Waals surface area (Å²) in [4.78, 5) is 14.2. The summed E-state index contributed by atoms with van der Waals surface area (Å²) in [6.07, 6.45) is 1.82. The number of rotatable bonds is 5. The molecule has 2 aromatic carbocycles. The lowest BCUT2D eigenvalue weighted by Gasteiger charge is -2.34. The third-order valence-electron chi connectivity index (χ3n) is 6.45. The van der Waals surface area contributed by atoms with E-state index in [2.05, 4.69) is 71.8 Å². The molecule has 0 unspecified atom stereocenters. The lowest BCUT2D eigenvalue weighted by atomic mass is 10.00. The van der Waals surface area contributed by atoms with Gasteiger partial charge in [0.1, 0.15) is 11.4 Å². The molecule has 2 aliphatic heterocycles. The standard InChI is InChI=1S/C27H32N8/c1-18(2)35-19(3)24-17-29-27(31-26(24)25(32-35)20-6-5-7-21(28)16-20)30-22-8-10-23(11-9-22)34-14-12-33(4)13-15-34/h5-11,16-18H,3,12-15,28H2,1-2,4H3,(H,29,30,31). The van der Waals surface area contributed by atoms with Crippen molar-refractivity contribution < 1.29 is 0 Å². The molecule has 0 bridgehead atoms. The zero-order chi connectivity index (χ0) is 24.5. The van der Waals surface area contributed by atoms with E-state index in [1.54, 1.807) is 0 Å². The number of hydrogen-bond donors (Lipinski definition) is 2. The summed E-state index contributed by atoms with van der Waals surface area (Å²) in [6, 6.07) is 16.3. The van der Waals surface area contributed by atoms with E-state index in [9.17, 15) is 0 Å². The summed E-state index contributed by atoms with van der Waals surface area (Å²) in [5.74, 6) is 0.512. The van der Waals surface area contributed by atoms with Gasteiger partial charge in [0, 0.05) is 66.6 Å². The molecule has 0 amide bonds. The van der Waals surface area contributed by atoms with Gasteiger partial charge in [-0.1, -0.05) is 18.7 Å². The fraction of sp³-hybridized carbons (Fsp3) is 0.296. The Balaban J connectivity index is 1.43. The van der Waals surface area contributed by atoms with Crippen LogP contribution in [-0.4, -0.2) is 64.9 Å². The van der Waals surface area contributed by atoms with Gasteiger partial charge in [-0.2, -0.15) is 5.10 Å². The SMILES string of the molecule is C=C1c2cnc(Nc3ccc(N4CCN(C)CC4)cc3)nc2C(c2cccc(N)c2)=NN1C(C)C. The van der Waals surface area contributed by atoms with Crippen molar-refractivity contribution in [2.75, 3.05) is 49.2 Å². The van der Waals surface area contributed by atoms with E-state index in [1.807, 2.05) is 35.5 Å². The molecule has 5 rings (SSSR count). The van der Waals surface area contributed by atoms with Crippen molar-refractivity contribution in [3.8, 4) is 0 Å². The fourth-order valence-corrected chi connectivity index (χ4v) is 4.43. The molecule has 3 aromatic rings. The minimum atomic E-state index is 0.142. The molecule has 8 nitrogen and oxygen atoms in total. The maximum atomic E-state index is 6.07. The van der Waals surface area contributed by atoms with Crippen LogP contribution in [-0.2, 0) is 0 Å². The van der Waals surface area contributed by atoms with Gasteiger partial charge in [0.15, 0.2) is 0 Å². The number of nitrogens with two attached hydrogens (primary N) is 1. The molecule has 0 saturated carbocycles. The molecule has 3 heterocycles. The molecule has 35 heavy (non-hydrogen) atoms. The average Bonchev–Trinajstić information content (AvgIpc) is 2.85. The second kappa shape index (κ2) is 9.38. The number of hydrazone groups is 1. The van der Waals surface area contributed by atoms with Gasteiger partial charge in [0.2, 0.25) is 5.95 Å². The van der Waals surface area contributed by atoms with Gasteiger partial charge in [-0.05, 0) is 57.3 Å². The van der Waals surface area contributed by atoms with Gasteiger partial charge in [-0.25, -0.2) is 9.97 Å². The maximum Gasteiger partial charge on any atom is 0.227 e. The molecule has 8 heteroatoms. The van der Waals surface area contributed by atoms with Crippen LogP contribution in [0.25, 0.3) is 5.70 Å². The van der Waals surface area contributed by atoms with Crippen LogP contribution in [0.15, 0.2) is 66.4 Å². The first kappa shape index (κ1) is 22.9. The molecular weight excluding hydrogens is 436 g/mol. The number of benzene rings is 2. The van der Waals surface area contributed by atoms with Gasteiger partial charge in [-0.3, -0.25) is 5.01 Å². The first-order chi connectivity index (χ1) is 16.9. The van der Waals surface area contributed by atoms with E-state index in [0.29, 0.717) is 11.6 Å². The van der Waals surface area contributed by atoms with Crippen LogP contribution < -0.4 is 16.0 Å². The molecule has 2 aliphatic rings. The summed E-state index contributed by atoms with van der Waals surface area (Å²) >= 11 is 0. The van der Waals surface area contributed by atoms with Crippen molar-refractivity contribution in [1.82, 2.24) is 19.9 Å². The number of aromatic nitrogens is 2. The highest BCUT2D eigenvalue weighted by molar-refractivity contribution is 6.15. The number of anilines is 4. The molecular formula is C27H32N8. The summed E-state index contributed by atoms with van der Waals surface area (Å²) in [5.41, 5.74) is 13.0. The van der Waals surface area contributed by atoms with E-state index in [4.69, 9.17) is 15.8 Å². The molecule has 180 valence electrons. The van der Waals surface area contributed by atoms with E-state index in [1.165, 1.54) is 5.69 Å². The molecule has 3 N–H and O–H groups in total. The predicted molar refractivity (Wildman–Crippen MR) is 144 cm³/mol. The summed E-state index contributed by atoms with van der Waals surface area (Å²) in [7, 11) is 2.17. The van der Waals surface area contributed by atoms with Gasteiger partial charge in [0.25, 0.3) is 0 Å². The number of hydrogen-bond acceptors (Lipinski definition) is 8. The van der Waals surface area contributed by atoms with Gasteiger partial charge < -0.3 is 20.9 Å². The largest absolute Gasteiger partial charge is 0.399 e. The third kappa shape index (κ3) is 4.70. The molecule has 0 aliphatic carbocycles. The van der Waals surface area contributed by atoms with Crippen molar-refractivity contribution in [3.05, 3.63) is 78.1 Å². The lowest BCUT2D eigenvalue weighted by Crippen LogP contribution is -2.44. The van der Waals surface area contributed by atoms with Crippen LogP contribution in [0.5, 0.6) is 0 Å². The highest BCUT2D eigenvalue weighted by Crippen LogP contribution is 2.31. The highest BCUT2D eigenvalue weighted by Gasteiger charge is 2.27. The molecule has 0 spiro atoms. The van der Waals surface area contributed by atoms with Crippen molar-refractivity contribution in [3.63, 3.8) is 0 Å². The summed E-state index contributed by atoms with van der Waals surface area (Å²) in [5, 5.41) is 10.2. The highest BCUT2D eigenvalue weighted by atomic mass is 15.5. The molecule has 0 radical (unpaired) electrons. The number of nitrogens with zero attached hydrogens (tertiary/aromatic N) is 6. The quantitative estimate of drug-likeness (QED) is 0.548. The predicted octanol–water partition coefficient (Wildman–Crippen LogP) is 4.00. The number of nitrogen functional groups attached to an aromatic ring is 1. The average molecular weight is 469 g/mol. The van der Waals surface area contributed by atoms with Crippen LogP contribution in [0.3, 0.4) is 0 Å². The Morgan fingerprint density at radius 2 is 1.77 bits per heavy atom. The second-order valence-corrected chi connectivity index (χ2v) is 9.38. The van der Waals surface area contributed by atoms with E-state index < -0.39 is 0 Å². The topological polar surface area (TPSA) is 85.9 Å². The van der Waals surface area contributed by atoms with Crippen LogP contribution >= 0.6 is 0 Å². The van der Waals surface area contributed by atoms with Crippen LogP contribution in [0.1, 0.15) is 30.7 Å². The Morgan fingerprint density at radius 3 is 2.46 bits per heavy atom. The van der Waals surface area contributed by atoms with E-state index in [-0.39, 0.29) is 6.04 Å². The summed E-state index contributed by atoms with van der Waals surface area (Å²) < 4.78 is 0. The number of nitrogens with one attached hydrogen (secondary N) is 1. The first-order valence-electron chi connectivity index (χ1n) is 12.0. The smallest absolute Gasteiger partial charge is 0.227 e. The second-order valence-electron chi connectivity index (χ2n) is 9.38. The van der Waals surface area contributed by atoms with Crippen LogP contribution in [0.4, 0.5) is 23.0 Å². The monoisotopic (exact) mass is 468 g/mol. The van der Waals surface area contributed by atoms with Gasteiger partial charge in [0.05, 0.1) is 5.70 Å². The maximum absolute atomic E-state index is 6.07. The third-order valence-corrected chi connectivity index (χ3v) is 6.45. The number of fused-ring (bicyclic) bond motifs is 1. The van der Waals surface area contributed by atoms with E-state index >= 15 is 0 Å². The van der Waals surface area contributed by atoms with Crippen molar-refractivity contribution >= 4 is 34.4 Å². The molecule has 1 aromatic heterocycles. The minimum absolute atomic E-state index is 0.142. The normalized spacial score (nSPS) is 16.3. The summed E-state index contributed by atoms with van der Waals surface area (Å²) in [6.45, 7) is 12.7. The van der Waals surface area contributed by atoms with Gasteiger partial charge in [-0.15, -0.1) is 0 Å². The Morgan fingerprint density at radius 1 is 1.03 bits per heavy atom.